The summed E-state index contributed by atoms with van der Waals surface area (Å²) < 4.78 is 0. The van der Waals surface area contributed by atoms with Crippen molar-refractivity contribution in [2.45, 2.75) is 44.9 Å². The van der Waals surface area contributed by atoms with Crippen molar-refractivity contribution in [3.8, 4) is 11.8 Å². The molecule has 1 N–H and O–H groups in total. The quantitative estimate of drug-likeness (QED) is 0.443. The summed E-state index contributed by atoms with van der Waals surface area (Å²) in [6.45, 7) is 0. The van der Waals surface area contributed by atoms with E-state index in [1.165, 1.54) is 0 Å². The first kappa shape index (κ1) is 14.4. The molecule has 0 aliphatic heterocycles. The summed E-state index contributed by atoms with van der Waals surface area (Å²) in [6.07, 6.45) is 4.70. The molecule has 0 heterocycles. The Morgan fingerprint density at radius 2 is 2.17 bits per heavy atom. The minimum Gasteiger partial charge on any atom is -0.481 e. The fourth-order valence-corrected chi connectivity index (χ4v) is 2.12. The third kappa shape index (κ3) is 4.70. The molecule has 1 saturated carbocycles. The molecule has 0 spiro atoms. The molecule has 4 nitrogen and oxygen atoms in total. The van der Waals surface area contributed by atoms with Gasteiger partial charge >= 0.3 is 5.97 Å². The molecular formula is C14H18O4. The van der Waals surface area contributed by atoms with Crippen LogP contribution in [0.1, 0.15) is 44.9 Å². The fourth-order valence-electron chi connectivity index (χ4n) is 2.12. The largest absolute Gasteiger partial charge is 0.481 e. The van der Waals surface area contributed by atoms with E-state index < -0.39 is 5.97 Å². The Balaban J connectivity index is 2.22. The van der Waals surface area contributed by atoms with Gasteiger partial charge in [0.05, 0.1) is 0 Å². The number of carbonyl (C=O) groups is 3. The van der Waals surface area contributed by atoms with Gasteiger partial charge in [-0.25, -0.2) is 0 Å². The molecule has 2 unspecified atom stereocenters. The lowest BCUT2D eigenvalue weighted by atomic mass is 9.94. The first-order valence-electron chi connectivity index (χ1n) is 6.30. The zero-order valence-electron chi connectivity index (χ0n) is 10.4. The lowest BCUT2D eigenvalue weighted by Crippen LogP contribution is -2.14. The van der Waals surface area contributed by atoms with Gasteiger partial charge in [0, 0.05) is 37.5 Å². The summed E-state index contributed by atoms with van der Waals surface area (Å²) >= 11 is 0. The zero-order valence-corrected chi connectivity index (χ0v) is 10.4. The molecule has 2 atom stereocenters. The van der Waals surface area contributed by atoms with Crippen LogP contribution in [0.15, 0.2) is 0 Å². The van der Waals surface area contributed by atoms with Gasteiger partial charge in [-0.2, -0.15) is 0 Å². The molecule has 1 rings (SSSR count). The second-order valence-electron chi connectivity index (χ2n) is 4.57. The van der Waals surface area contributed by atoms with Crippen LogP contribution in [0.5, 0.6) is 0 Å². The van der Waals surface area contributed by atoms with E-state index in [9.17, 15) is 14.4 Å². The summed E-state index contributed by atoms with van der Waals surface area (Å²) in [5.74, 6) is 4.87. The lowest BCUT2D eigenvalue weighted by molar-refractivity contribution is -0.137. The van der Waals surface area contributed by atoms with E-state index in [1.807, 2.05) is 0 Å². The molecule has 0 bridgehead atoms. The van der Waals surface area contributed by atoms with E-state index in [2.05, 4.69) is 11.8 Å². The number of carboxylic acid groups (broad SMARTS) is 1. The van der Waals surface area contributed by atoms with Crippen LogP contribution < -0.4 is 0 Å². The third-order valence-corrected chi connectivity index (χ3v) is 3.22. The Kier molecular flexibility index (Phi) is 6.13. The van der Waals surface area contributed by atoms with Gasteiger partial charge in [0.15, 0.2) is 0 Å². The molecule has 98 valence electrons. The number of aldehydes is 1. The van der Waals surface area contributed by atoms with Crippen molar-refractivity contribution in [3.05, 3.63) is 0 Å². The average molecular weight is 250 g/mol. The highest BCUT2D eigenvalue weighted by atomic mass is 16.4. The first-order chi connectivity index (χ1) is 8.65. The van der Waals surface area contributed by atoms with Crippen molar-refractivity contribution < 1.29 is 19.5 Å². The van der Waals surface area contributed by atoms with E-state index in [1.54, 1.807) is 0 Å². The average Bonchev–Trinajstić information content (AvgIpc) is 2.69. The van der Waals surface area contributed by atoms with Crippen LogP contribution in [-0.2, 0) is 14.4 Å². The van der Waals surface area contributed by atoms with Crippen molar-refractivity contribution in [1.82, 2.24) is 0 Å². The minimum absolute atomic E-state index is 0.146. The van der Waals surface area contributed by atoms with Crippen LogP contribution >= 0.6 is 0 Å². The van der Waals surface area contributed by atoms with Crippen LogP contribution in [0.4, 0.5) is 0 Å². The van der Waals surface area contributed by atoms with E-state index in [-0.39, 0.29) is 24.0 Å². The standard InChI is InChI=1S/C14H18O4/c15-10-11-8-9-13(16)12(11)6-4-2-1-3-5-7-14(17)18/h10-12H,1,3,5-9H2,(H,17,18). The monoisotopic (exact) mass is 250 g/mol. The van der Waals surface area contributed by atoms with Crippen molar-refractivity contribution >= 4 is 18.0 Å². The highest BCUT2D eigenvalue weighted by molar-refractivity contribution is 5.87. The van der Waals surface area contributed by atoms with Gasteiger partial charge in [0.25, 0.3) is 0 Å². The second kappa shape index (κ2) is 7.65. The highest BCUT2D eigenvalue weighted by Crippen LogP contribution is 2.29. The molecule has 0 radical (unpaired) electrons. The normalized spacial score (nSPS) is 22.3. The predicted octanol–water partition coefficient (Wildman–Crippen LogP) is 1.82. The molecule has 4 heteroatoms. The van der Waals surface area contributed by atoms with Crippen LogP contribution in [0.2, 0.25) is 0 Å². The van der Waals surface area contributed by atoms with Gasteiger partial charge in [0.2, 0.25) is 0 Å². The number of Topliss-reactive ketones (excluding diaryl/α,β-unsaturated/α-hetero) is 1. The molecule has 1 fully saturated rings. The number of carboxylic acids is 1. The summed E-state index contributed by atoms with van der Waals surface area (Å²) in [5, 5.41) is 8.44. The number of rotatable bonds is 6. The molecule has 0 aromatic heterocycles. The maximum atomic E-state index is 11.5. The van der Waals surface area contributed by atoms with Crippen LogP contribution in [0.3, 0.4) is 0 Å². The number of carbonyl (C=O) groups excluding carboxylic acids is 2. The number of hydrogen-bond donors (Lipinski definition) is 1. The Morgan fingerprint density at radius 3 is 2.83 bits per heavy atom. The van der Waals surface area contributed by atoms with Crippen molar-refractivity contribution in [3.63, 3.8) is 0 Å². The maximum Gasteiger partial charge on any atom is 0.303 e. The van der Waals surface area contributed by atoms with Crippen molar-refractivity contribution in [2.24, 2.45) is 11.8 Å². The Hall–Kier alpha value is -1.63. The van der Waals surface area contributed by atoms with E-state index >= 15 is 0 Å². The summed E-state index contributed by atoms with van der Waals surface area (Å²) in [7, 11) is 0. The number of unbranched alkanes of at least 4 members (excludes halogenated alkanes) is 2. The Morgan fingerprint density at radius 1 is 1.39 bits per heavy atom. The Labute approximate surface area is 107 Å². The van der Waals surface area contributed by atoms with Gasteiger partial charge in [-0.1, -0.05) is 0 Å². The minimum atomic E-state index is -0.784. The first-order valence-corrected chi connectivity index (χ1v) is 6.30. The smallest absolute Gasteiger partial charge is 0.303 e. The molecule has 0 saturated heterocycles. The molecule has 0 aromatic carbocycles. The highest BCUT2D eigenvalue weighted by Gasteiger charge is 2.33. The second-order valence-corrected chi connectivity index (χ2v) is 4.57. The SMILES string of the molecule is O=CC1CCC(=O)C1CC#CCCCCC(=O)O. The van der Waals surface area contributed by atoms with Crippen LogP contribution in [0, 0.1) is 23.7 Å². The molecular weight excluding hydrogens is 232 g/mol. The van der Waals surface area contributed by atoms with Crippen molar-refractivity contribution in [1.29, 1.82) is 0 Å². The van der Waals surface area contributed by atoms with Gasteiger partial charge < -0.3 is 9.90 Å². The summed E-state index contributed by atoms with van der Waals surface area (Å²) in [4.78, 5) is 32.5. The molecule has 0 amide bonds. The molecule has 18 heavy (non-hydrogen) atoms. The summed E-state index contributed by atoms with van der Waals surface area (Å²) in [5.41, 5.74) is 0. The van der Waals surface area contributed by atoms with Gasteiger partial charge in [-0.05, 0) is 19.3 Å². The van der Waals surface area contributed by atoms with Gasteiger partial charge in [-0.15, -0.1) is 11.8 Å². The maximum absolute atomic E-state index is 11.5. The topological polar surface area (TPSA) is 71.4 Å². The van der Waals surface area contributed by atoms with Gasteiger partial charge in [0.1, 0.15) is 12.1 Å². The lowest BCUT2D eigenvalue weighted by Gasteiger charge is -2.07. The number of ketones is 1. The van der Waals surface area contributed by atoms with Crippen molar-refractivity contribution in [2.75, 3.05) is 0 Å². The number of hydrogen-bond acceptors (Lipinski definition) is 3. The summed E-state index contributed by atoms with van der Waals surface area (Å²) in [6, 6.07) is 0. The number of aliphatic carboxylic acids is 1. The molecule has 1 aliphatic carbocycles. The zero-order chi connectivity index (χ0) is 13.4. The van der Waals surface area contributed by atoms with E-state index in [4.69, 9.17) is 5.11 Å². The third-order valence-electron chi connectivity index (χ3n) is 3.22. The van der Waals surface area contributed by atoms with Crippen LogP contribution in [0.25, 0.3) is 0 Å². The molecule has 1 aliphatic rings. The predicted molar refractivity (Wildman–Crippen MR) is 65.8 cm³/mol. The fraction of sp³-hybridized carbons (Fsp3) is 0.643. The van der Waals surface area contributed by atoms with E-state index in [0.717, 1.165) is 12.7 Å². The van der Waals surface area contributed by atoms with Gasteiger partial charge in [-0.3, -0.25) is 9.59 Å². The van der Waals surface area contributed by atoms with E-state index in [0.29, 0.717) is 32.1 Å². The molecule has 0 aromatic rings. The Bertz CT molecular complexity index is 375. The van der Waals surface area contributed by atoms with Crippen LogP contribution in [-0.4, -0.2) is 23.1 Å².